The van der Waals surface area contributed by atoms with E-state index in [2.05, 4.69) is 39.5 Å². The molecule has 2 aromatic rings. The molecule has 6 heteroatoms. The van der Waals surface area contributed by atoms with Gasteiger partial charge in [-0.25, -0.2) is 0 Å². The van der Waals surface area contributed by atoms with Crippen molar-refractivity contribution in [1.29, 1.82) is 0 Å². The fourth-order valence-corrected chi connectivity index (χ4v) is 2.24. The summed E-state index contributed by atoms with van der Waals surface area (Å²) in [4.78, 5) is 6.72. The molecule has 0 fully saturated rings. The summed E-state index contributed by atoms with van der Waals surface area (Å²) in [5.41, 5.74) is 1.25. The van der Waals surface area contributed by atoms with Crippen molar-refractivity contribution in [2.75, 3.05) is 33.9 Å². The minimum absolute atomic E-state index is 0. The third-order valence-corrected chi connectivity index (χ3v) is 3.42. The van der Waals surface area contributed by atoms with Crippen molar-refractivity contribution < 1.29 is 9.15 Å². The van der Waals surface area contributed by atoms with Crippen molar-refractivity contribution in [3.8, 4) is 0 Å². The normalized spacial score (nSPS) is 11.0. The van der Waals surface area contributed by atoms with Gasteiger partial charge < -0.3 is 19.4 Å². The van der Waals surface area contributed by atoms with Crippen molar-refractivity contribution in [2.24, 2.45) is 4.99 Å². The van der Waals surface area contributed by atoms with E-state index in [1.807, 2.05) is 25.2 Å². The first-order valence-corrected chi connectivity index (χ1v) is 7.84. The topological polar surface area (TPSA) is 50.0 Å². The molecular weight excluding hydrogens is 417 g/mol. The number of benzene rings is 1. The quantitative estimate of drug-likeness (QED) is 0.295. The summed E-state index contributed by atoms with van der Waals surface area (Å²) in [5, 5.41) is 3.40. The number of rotatable bonds is 8. The van der Waals surface area contributed by atoms with E-state index in [1.165, 1.54) is 5.56 Å². The molecule has 0 amide bonds. The average Bonchev–Trinajstić information content (AvgIpc) is 3.08. The molecule has 1 heterocycles. The van der Waals surface area contributed by atoms with Crippen LogP contribution in [0.25, 0.3) is 0 Å². The van der Waals surface area contributed by atoms with Crippen molar-refractivity contribution in [2.45, 2.75) is 13.0 Å². The Labute approximate surface area is 161 Å². The van der Waals surface area contributed by atoms with Gasteiger partial charge in [0.1, 0.15) is 5.76 Å². The Kier molecular flexibility index (Phi) is 10.2. The highest BCUT2D eigenvalue weighted by Crippen LogP contribution is 2.04. The van der Waals surface area contributed by atoms with Crippen LogP contribution in [0.5, 0.6) is 0 Å². The van der Waals surface area contributed by atoms with E-state index in [0.29, 0.717) is 13.2 Å². The maximum absolute atomic E-state index is 5.36. The largest absolute Gasteiger partial charge is 0.469 e. The number of ether oxygens (including phenoxy) is 1. The Morgan fingerprint density at radius 2 is 2.00 bits per heavy atom. The molecule has 0 radical (unpaired) electrons. The zero-order valence-electron chi connectivity index (χ0n) is 14.3. The van der Waals surface area contributed by atoms with E-state index in [-0.39, 0.29) is 24.0 Å². The molecule has 0 saturated heterocycles. The molecule has 2 rings (SSSR count). The van der Waals surface area contributed by atoms with Gasteiger partial charge in [-0.1, -0.05) is 30.3 Å². The molecule has 1 aromatic heterocycles. The Morgan fingerprint density at radius 3 is 2.67 bits per heavy atom. The van der Waals surface area contributed by atoms with Crippen molar-refractivity contribution >= 4 is 29.9 Å². The van der Waals surface area contributed by atoms with Gasteiger partial charge in [0.15, 0.2) is 5.96 Å². The Hall–Kier alpha value is -1.54. The van der Waals surface area contributed by atoms with Gasteiger partial charge in [-0.15, -0.1) is 24.0 Å². The van der Waals surface area contributed by atoms with Gasteiger partial charge >= 0.3 is 0 Å². The fraction of sp³-hybridized carbons (Fsp3) is 0.389. The molecular formula is C18H26IN3O2. The van der Waals surface area contributed by atoms with Crippen LogP contribution in [-0.4, -0.2) is 44.7 Å². The summed E-state index contributed by atoms with van der Waals surface area (Å²) in [6.45, 7) is 2.83. The summed E-state index contributed by atoms with van der Waals surface area (Å²) < 4.78 is 10.4. The number of hydrogen-bond acceptors (Lipinski definition) is 3. The van der Waals surface area contributed by atoms with E-state index in [9.17, 15) is 0 Å². The minimum Gasteiger partial charge on any atom is -0.469 e. The monoisotopic (exact) mass is 443 g/mol. The zero-order valence-corrected chi connectivity index (χ0v) is 16.6. The number of nitrogens with one attached hydrogen (secondary N) is 1. The van der Waals surface area contributed by atoms with Gasteiger partial charge in [-0.2, -0.15) is 0 Å². The number of halogens is 1. The molecule has 0 atom stereocenters. The molecule has 0 aliphatic rings. The van der Waals surface area contributed by atoms with Crippen molar-refractivity contribution in [3.63, 3.8) is 0 Å². The maximum Gasteiger partial charge on any atom is 0.194 e. The predicted octanol–water partition coefficient (Wildman–Crippen LogP) is 3.16. The van der Waals surface area contributed by atoms with Gasteiger partial charge in [-0.05, 0) is 17.7 Å². The van der Waals surface area contributed by atoms with Gasteiger partial charge in [-0.3, -0.25) is 4.99 Å². The van der Waals surface area contributed by atoms with E-state index in [4.69, 9.17) is 9.15 Å². The molecule has 0 saturated carbocycles. The highest BCUT2D eigenvalue weighted by atomic mass is 127. The minimum atomic E-state index is 0. The second kappa shape index (κ2) is 11.9. The number of hydrogen-bond donors (Lipinski definition) is 1. The van der Waals surface area contributed by atoms with E-state index >= 15 is 0 Å². The summed E-state index contributed by atoms with van der Waals surface area (Å²) in [6, 6.07) is 14.3. The van der Waals surface area contributed by atoms with Gasteiger partial charge in [0.05, 0.1) is 19.4 Å². The number of furan rings is 1. The summed E-state index contributed by atoms with van der Waals surface area (Å²) >= 11 is 0. The molecule has 1 N–H and O–H groups in total. The lowest BCUT2D eigenvalue weighted by molar-refractivity contribution is 0.207. The van der Waals surface area contributed by atoms with Crippen LogP contribution in [0.15, 0.2) is 58.1 Å². The van der Waals surface area contributed by atoms with Crippen LogP contribution >= 0.6 is 24.0 Å². The molecule has 0 unspecified atom stereocenters. The third-order valence-electron chi connectivity index (χ3n) is 3.42. The number of methoxy groups -OCH3 is 1. The molecule has 24 heavy (non-hydrogen) atoms. The smallest absolute Gasteiger partial charge is 0.194 e. The van der Waals surface area contributed by atoms with Gasteiger partial charge in [0.25, 0.3) is 0 Å². The fourth-order valence-electron chi connectivity index (χ4n) is 2.24. The van der Waals surface area contributed by atoms with Crippen LogP contribution in [0.4, 0.5) is 0 Å². The molecule has 132 valence electrons. The summed E-state index contributed by atoms with van der Waals surface area (Å²) in [5.74, 6) is 1.84. The van der Waals surface area contributed by atoms with Crippen LogP contribution < -0.4 is 5.32 Å². The molecule has 0 aliphatic carbocycles. The first kappa shape index (κ1) is 20.5. The van der Waals surface area contributed by atoms with E-state index in [1.54, 1.807) is 13.4 Å². The Morgan fingerprint density at radius 1 is 1.21 bits per heavy atom. The van der Waals surface area contributed by atoms with Crippen LogP contribution in [0.3, 0.4) is 0 Å². The first-order valence-electron chi connectivity index (χ1n) is 7.84. The highest BCUT2D eigenvalue weighted by Gasteiger charge is 2.07. The van der Waals surface area contributed by atoms with E-state index in [0.717, 1.165) is 31.2 Å². The average molecular weight is 443 g/mol. The maximum atomic E-state index is 5.36. The highest BCUT2D eigenvalue weighted by molar-refractivity contribution is 14.0. The number of nitrogens with zero attached hydrogens (tertiary/aromatic N) is 2. The lowest BCUT2D eigenvalue weighted by Gasteiger charge is -2.22. The summed E-state index contributed by atoms with van der Waals surface area (Å²) in [6.07, 6.45) is 2.53. The van der Waals surface area contributed by atoms with Crippen molar-refractivity contribution in [1.82, 2.24) is 10.2 Å². The van der Waals surface area contributed by atoms with Crippen LogP contribution in [-0.2, 0) is 17.7 Å². The van der Waals surface area contributed by atoms with Crippen LogP contribution in [0, 0.1) is 0 Å². The lowest BCUT2D eigenvalue weighted by atomic mass is 10.2. The first-order chi connectivity index (χ1) is 11.3. The lowest BCUT2D eigenvalue weighted by Crippen LogP contribution is -2.39. The second-order valence-electron chi connectivity index (χ2n) is 5.30. The third kappa shape index (κ3) is 7.35. The van der Waals surface area contributed by atoms with E-state index < -0.39 is 0 Å². The summed E-state index contributed by atoms with van der Waals surface area (Å²) in [7, 11) is 3.73. The molecule has 0 bridgehead atoms. The standard InChI is InChI=1S/C18H25N3O2.HI/c1-21(15-16-7-4-3-5-8-16)18(20-12-14-22-2)19-11-10-17-9-6-13-23-17;/h3-9,13H,10-12,14-15H2,1-2H3,(H,19,20);1H. The molecule has 0 aliphatic heterocycles. The molecule has 5 nitrogen and oxygen atoms in total. The molecule has 0 spiro atoms. The second-order valence-corrected chi connectivity index (χ2v) is 5.30. The zero-order chi connectivity index (χ0) is 16.3. The SMILES string of the molecule is COCCN=C(NCCc1ccco1)N(C)Cc1ccccc1.I. The van der Waals surface area contributed by atoms with Crippen LogP contribution in [0.1, 0.15) is 11.3 Å². The predicted molar refractivity (Wildman–Crippen MR) is 108 cm³/mol. The van der Waals surface area contributed by atoms with Crippen LogP contribution in [0.2, 0.25) is 0 Å². The van der Waals surface area contributed by atoms with Crippen molar-refractivity contribution in [3.05, 3.63) is 60.1 Å². The Bertz CT molecular complexity index is 573. The van der Waals surface area contributed by atoms with Gasteiger partial charge in [0, 0.05) is 33.7 Å². The van der Waals surface area contributed by atoms with Gasteiger partial charge in [0.2, 0.25) is 0 Å². The molecule has 1 aromatic carbocycles. The Balaban J connectivity index is 0.00000288. The number of guanidine groups is 1. The number of aliphatic imine (C=N–C) groups is 1.